The summed E-state index contributed by atoms with van der Waals surface area (Å²) in [5.41, 5.74) is -0.865. The van der Waals surface area contributed by atoms with Crippen LogP contribution in [0.1, 0.15) is 109 Å². The van der Waals surface area contributed by atoms with Crippen molar-refractivity contribution in [2.45, 2.75) is 72.2 Å². The molecule has 382 valence electrons. The van der Waals surface area contributed by atoms with Gasteiger partial charge in [0.25, 0.3) is 5.69 Å². The third-order valence-corrected chi connectivity index (χ3v) is 14.9. The number of carbonyl (C=O) groups is 5. The normalized spacial score (nSPS) is 15.4. The monoisotopic (exact) mass is 1060 g/mol. The molecule has 2 aromatic heterocycles. The van der Waals surface area contributed by atoms with Crippen molar-refractivity contribution in [3.8, 4) is 5.88 Å². The van der Waals surface area contributed by atoms with E-state index < -0.39 is 97.2 Å². The number of benzene rings is 3. The molecule has 72 heavy (non-hydrogen) atoms. The molecule has 3 aliphatic rings. The van der Waals surface area contributed by atoms with E-state index >= 15 is 0 Å². The first kappa shape index (κ1) is 54.1. The van der Waals surface area contributed by atoms with E-state index in [1.165, 1.54) is 36.3 Å². The summed E-state index contributed by atoms with van der Waals surface area (Å²) in [7, 11) is -9.74. The highest BCUT2D eigenvalue weighted by molar-refractivity contribution is 7.91. The topological polar surface area (TPSA) is 317 Å². The second-order valence-corrected chi connectivity index (χ2v) is 22.8. The van der Waals surface area contributed by atoms with Gasteiger partial charge >= 0.3 is 6.18 Å². The SMILES string of the molecule is CS(=O)(=O)c1cc(C(F)(F)F)ccc1C(=O)c1cnoc1C1CC1.CS(=O)(=O)c1ccc(C(=O)C2C(=O)CCCC2=O)c([N+](=O)[O-])c1.Cc1c(C(=O)c2cnn(C)c2O)ccc(S(C)(=O)=O)c1C1=NOCC1. The summed E-state index contributed by atoms with van der Waals surface area (Å²) in [6, 6.07) is 7.67. The van der Waals surface area contributed by atoms with Crippen LogP contribution in [0.4, 0.5) is 18.9 Å². The number of aryl methyl sites for hydroxylation is 1. The van der Waals surface area contributed by atoms with Crippen LogP contribution in [0.5, 0.6) is 5.88 Å². The fraction of sp³-hybridized carbons (Fsp3) is 0.333. The maximum Gasteiger partial charge on any atom is 0.416 e. The van der Waals surface area contributed by atoms with Gasteiger partial charge in [0.15, 0.2) is 64.2 Å². The minimum absolute atomic E-state index is 0.0441. The molecule has 2 aliphatic carbocycles. The third kappa shape index (κ3) is 11.7. The molecule has 8 rings (SSSR count). The standard InChI is InChI=1S/C16H17N3O5S.C15H12F3NO4S.C14H13NO7S/c1-9-10(15(20)11-8-17-19(2)16(11)21)4-5-13(25(3,22)23)14(9)12-6-7-24-18-12;1-24(21,22)12-6-9(15(16,17)18)4-5-10(12)13(20)11-7-19-23-14(11)8-2-3-8;1-23(21,22)8-5-6-9(10(7-8)15(19)20)14(18)13-11(16)3-2-4-12(13)17/h4-5,8,21H,6-7H2,1-3H3;4-8H,2-3H2,1H3;5-7,13H,2-4H2,1H3. The van der Waals surface area contributed by atoms with Crippen molar-refractivity contribution in [3.05, 3.63) is 121 Å². The predicted molar refractivity (Wildman–Crippen MR) is 244 cm³/mol. The number of hydrogen-bond acceptors (Lipinski definition) is 19. The van der Waals surface area contributed by atoms with Gasteiger partial charge in [0.05, 0.1) is 54.4 Å². The summed E-state index contributed by atoms with van der Waals surface area (Å²) in [6.07, 6.45) is 3.06. The summed E-state index contributed by atoms with van der Waals surface area (Å²) in [6.45, 7) is 2.02. The molecule has 0 atom stereocenters. The Morgan fingerprint density at radius 1 is 0.792 bits per heavy atom. The van der Waals surface area contributed by atoms with E-state index in [1.807, 2.05) is 0 Å². The molecule has 0 amide bonds. The van der Waals surface area contributed by atoms with Crippen molar-refractivity contribution < 1.29 is 81.8 Å². The number of ketones is 5. The van der Waals surface area contributed by atoms with E-state index in [4.69, 9.17) is 9.36 Å². The molecule has 2 saturated carbocycles. The minimum atomic E-state index is -4.71. The van der Waals surface area contributed by atoms with Crippen molar-refractivity contribution in [1.82, 2.24) is 14.9 Å². The lowest BCUT2D eigenvalue weighted by molar-refractivity contribution is -0.385. The molecule has 3 aromatic carbocycles. The van der Waals surface area contributed by atoms with Gasteiger partial charge in [0.1, 0.15) is 18.1 Å². The Hall–Kier alpha value is -7.26. The minimum Gasteiger partial charge on any atom is -0.493 e. The first-order valence-corrected chi connectivity index (χ1v) is 26.9. The van der Waals surface area contributed by atoms with Crippen molar-refractivity contribution in [3.63, 3.8) is 0 Å². The molecule has 0 saturated heterocycles. The molecule has 0 unspecified atom stereocenters. The lowest BCUT2D eigenvalue weighted by Gasteiger charge is -2.18. The van der Waals surface area contributed by atoms with Gasteiger partial charge < -0.3 is 14.5 Å². The molecule has 3 heterocycles. The quantitative estimate of drug-likeness (QED) is 0.0696. The zero-order valence-electron chi connectivity index (χ0n) is 38.5. The average Bonchev–Trinajstić information content (AvgIpc) is 3.59. The summed E-state index contributed by atoms with van der Waals surface area (Å²) < 4.78 is 116. The Bertz CT molecular complexity index is 3450. The molecule has 0 radical (unpaired) electrons. The number of aromatic hydroxyl groups is 1. The number of halogens is 3. The van der Waals surface area contributed by atoms with E-state index in [1.54, 1.807) is 6.92 Å². The number of rotatable bonds is 12. The predicted octanol–water partition coefficient (Wildman–Crippen LogP) is 5.52. The zero-order valence-corrected chi connectivity index (χ0v) is 41.0. The summed E-state index contributed by atoms with van der Waals surface area (Å²) >= 11 is 0. The molecule has 2 fully saturated rings. The second-order valence-electron chi connectivity index (χ2n) is 16.8. The zero-order chi connectivity index (χ0) is 53.4. The van der Waals surface area contributed by atoms with Crippen molar-refractivity contribution in [2.24, 2.45) is 18.1 Å². The van der Waals surface area contributed by atoms with E-state index in [0.717, 1.165) is 55.9 Å². The van der Waals surface area contributed by atoms with Crippen LogP contribution in [0, 0.1) is 23.0 Å². The van der Waals surface area contributed by atoms with E-state index in [0.29, 0.717) is 54.2 Å². The van der Waals surface area contributed by atoms with Crippen LogP contribution in [-0.2, 0) is 57.2 Å². The number of oxime groups is 1. The maximum atomic E-state index is 12.8. The molecule has 1 N–H and O–H groups in total. The number of nitro groups is 1. The Morgan fingerprint density at radius 2 is 1.39 bits per heavy atom. The van der Waals surface area contributed by atoms with Crippen molar-refractivity contribution >= 4 is 69.8 Å². The number of sulfone groups is 3. The van der Waals surface area contributed by atoms with Gasteiger partial charge in [-0.05, 0) is 74.2 Å². The average molecular weight is 1060 g/mol. The Morgan fingerprint density at radius 3 is 1.90 bits per heavy atom. The number of nitro benzene ring substituents is 1. The van der Waals surface area contributed by atoms with Crippen LogP contribution in [0.2, 0.25) is 0 Å². The van der Waals surface area contributed by atoms with Gasteiger partial charge in [-0.15, -0.1) is 0 Å². The van der Waals surface area contributed by atoms with Crippen molar-refractivity contribution in [2.75, 3.05) is 25.4 Å². The summed E-state index contributed by atoms with van der Waals surface area (Å²) in [5, 5.41) is 32.4. The number of aromatic nitrogens is 3. The Labute approximate surface area is 407 Å². The lowest BCUT2D eigenvalue weighted by Crippen LogP contribution is -2.35. The molecule has 1 aliphatic heterocycles. The third-order valence-electron chi connectivity index (χ3n) is 11.5. The van der Waals surface area contributed by atoms with E-state index in [9.17, 15) is 77.6 Å². The number of hydrogen-bond donors (Lipinski definition) is 1. The number of alkyl halides is 3. The van der Waals surface area contributed by atoms with Gasteiger partial charge in [-0.2, -0.15) is 18.3 Å². The molecular formula is C45H42F3N5O16S3. The van der Waals surface area contributed by atoms with Crippen LogP contribution < -0.4 is 0 Å². The molecule has 21 nitrogen and oxygen atoms in total. The first-order chi connectivity index (χ1) is 33.4. The van der Waals surface area contributed by atoms with Crippen LogP contribution in [0.15, 0.2) is 85.3 Å². The molecule has 0 spiro atoms. The molecule has 0 bridgehead atoms. The summed E-state index contributed by atoms with van der Waals surface area (Å²) in [5.74, 6) is -4.63. The smallest absolute Gasteiger partial charge is 0.416 e. The van der Waals surface area contributed by atoms with Gasteiger partial charge in [-0.1, -0.05) is 10.3 Å². The largest absolute Gasteiger partial charge is 0.493 e. The van der Waals surface area contributed by atoms with E-state index in [2.05, 4.69) is 15.4 Å². The second kappa shape index (κ2) is 20.5. The van der Waals surface area contributed by atoms with Gasteiger partial charge in [0.2, 0.25) is 5.88 Å². The highest BCUT2D eigenvalue weighted by Crippen LogP contribution is 2.42. The highest BCUT2D eigenvalue weighted by Gasteiger charge is 2.40. The number of nitrogens with zero attached hydrogens (tertiary/aromatic N) is 5. The van der Waals surface area contributed by atoms with Gasteiger partial charge in [-0.3, -0.25) is 34.1 Å². The Kier molecular flexibility index (Phi) is 15.4. The fourth-order valence-corrected chi connectivity index (χ4v) is 10.2. The number of Topliss-reactive ketones (excluding diaryl/α,β-unsaturated/α-hetero) is 3. The maximum absolute atomic E-state index is 12.8. The summed E-state index contributed by atoms with van der Waals surface area (Å²) in [4.78, 5) is 75.8. The lowest BCUT2D eigenvalue weighted by atomic mass is 9.81. The van der Waals surface area contributed by atoms with Crippen LogP contribution in [0.3, 0.4) is 0 Å². The molecule has 27 heteroatoms. The van der Waals surface area contributed by atoms with E-state index in [-0.39, 0.29) is 56.7 Å². The molecule has 5 aromatic rings. The number of carbonyl (C=O) groups excluding carboxylic acids is 5. The van der Waals surface area contributed by atoms with Gasteiger partial charge in [-0.25, -0.2) is 29.9 Å². The van der Waals surface area contributed by atoms with Crippen molar-refractivity contribution in [1.29, 1.82) is 0 Å². The highest BCUT2D eigenvalue weighted by atomic mass is 32.2. The van der Waals surface area contributed by atoms with Gasteiger partial charge in [0, 0.05) is 73.8 Å². The van der Waals surface area contributed by atoms with Crippen LogP contribution in [-0.4, -0.2) is 110 Å². The fourth-order valence-electron chi connectivity index (χ4n) is 7.67. The van der Waals surface area contributed by atoms with Crippen LogP contribution >= 0.6 is 0 Å². The first-order valence-electron chi connectivity index (χ1n) is 21.2. The molecular weight excluding hydrogens is 1020 g/mol. The van der Waals surface area contributed by atoms with Crippen LogP contribution in [0.25, 0.3) is 0 Å². The Balaban J connectivity index is 0.000000177.